The van der Waals surface area contributed by atoms with Gasteiger partial charge in [-0.15, -0.1) is 0 Å². The molecule has 1 aliphatic heterocycles. The van der Waals surface area contributed by atoms with Crippen molar-refractivity contribution in [2.24, 2.45) is 0 Å². The fraction of sp³-hybridized carbons (Fsp3) is 0.591. The summed E-state index contributed by atoms with van der Waals surface area (Å²) in [5.74, 6) is 0.536. The standard InChI is InChI=1S/C22H32N4O4/c1-15-8-7-10-26-16(15)14-23-19(26)22(5,6)24-18(27)17-9-11-25(12-13-29-17)20(28)30-21(2,3)4/h7-8,10,14,17H,9,11-13H2,1-6H3,(H,24,27). The summed E-state index contributed by atoms with van der Waals surface area (Å²) in [6.45, 7) is 12.4. The fourth-order valence-corrected chi connectivity index (χ4v) is 3.56. The lowest BCUT2D eigenvalue weighted by Gasteiger charge is -2.28. The van der Waals surface area contributed by atoms with Gasteiger partial charge in [-0.3, -0.25) is 4.79 Å². The highest BCUT2D eigenvalue weighted by molar-refractivity contribution is 5.81. The van der Waals surface area contributed by atoms with Crippen molar-refractivity contribution in [2.75, 3.05) is 19.7 Å². The summed E-state index contributed by atoms with van der Waals surface area (Å²) in [7, 11) is 0. The lowest BCUT2D eigenvalue weighted by atomic mass is 10.0. The summed E-state index contributed by atoms with van der Waals surface area (Å²) in [6.07, 6.45) is 3.15. The van der Waals surface area contributed by atoms with E-state index < -0.39 is 17.2 Å². The number of amides is 2. The molecule has 1 N–H and O–H groups in total. The van der Waals surface area contributed by atoms with Crippen LogP contribution in [0.2, 0.25) is 0 Å². The number of ether oxygens (including phenoxy) is 2. The Morgan fingerprint density at radius 3 is 2.67 bits per heavy atom. The van der Waals surface area contributed by atoms with Crippen molar-refractivity contribution in [3.05, 3.63) is 35.9 Å². The Hall–Kier alpha value is -2.61. The molecule has 8 heteroatoms. The van der Waals surface area contributed by atoms with Crippen LogP contribution < -0.4 is 5.32 Å². The van der Waals surface area contributed by atoms with Gasteiger partial charge in [-0.25, -0.2) is 9.78 Å². The molecule has 3 heterocycles. The number of fused-ring (bicyclic) bond motifs is 1. The first-order chi connectivity index (χ1) is 14.0. The molecule has 30 heavy (non-hydrogen) atoms. The third-order valence-electron chi connectivity index (χ3n) is 5.06. The average Bonchev–Trinajstić information content (AvgIpc) is 2.92. The van der Waals surface area contributed by atoms with Gasteiger partial charge in [-0.2, -0.15) is 0 Å². The maximum absolute atomic E-state index is 13.0. The molecule has 0 saturated carbocycles. The van der Waals surface area contributed by atoms with Crippen molar-refractivity contribution < 1.29 is 19.1 Å². The first-order valence-corrected chi connectivity index (χ1v) is 10.3. The minimum atomic E-state index is -0.697. The summed E-state index contributed by atoms with van der Waals surface area (Å²) in [5, 5.41) is 3.07. The highest BCUT2D eigenvalue weighted by Gasteiger charge is 2.33. The lowest BCUT2D eigenvalue weighted by molar-refractivity contribution is -0.134. The maximum atomic E-state index is 13.0. The second-order valence-corrected chi connectivity index (χ2v) is 9.26. The number of hydrogen-bond acceptors (Lipinski definition) is 5. The van der Waals surface area contributed by atoms with Crippen LogP contribution in [0.5, 0.6) is 0 Å². The molecule has 1 unspecified atom stereocenters. The van der Waals surface area contributed by atoms with Gasteiger partial charge in [0, 0.05) is 25.7 Å². The van der Waals surface area contributed by atoms with Crippen molar-refractivity contribution in [2.45, 2.75) is 65.2 Å². The van der Waals surface area contributed by atoms with E-state index in [9.17, 15) is 9.59 Å². The van der Waals surface area contributed by atoms with Gasteiger partial charge in [0.1, 0.15) is 17.5 Å². The Morgan fingerprint density at radius 2 is 1.97 bits per heavy atom. The van der Waals surface area contributed by atoms with E-state index in [1.54, 1.807) is 4.90 Å². The molecular weight excluding hydrogens is 384 g/mol. The van der Waals surface area contributed by atoms with E-state index in [0.29, 0.717) is 19.5 Å². The number of aromatic nitrogens is 2. The fourth-order valence-electron chi connectivity index (χ4n) is 3.56. The van der Waals surface area contributed by atoms with E-state index in [1.807, 2.05) is 70.5 Å². The molecule has 8 nitrogen and oxygen atoms in total. The van der Waals surface area contributed by atoms with Crippen LogP contribution in [0.3, 0.4) is 0 Å². The highest BCUT2D eigenvalue weighted by atomic mass is 16.6. The third kappa shape index (κ3) is 4.92. The summed E-state index contributed by atoms with van der Waals surface area (Å²) in [4.78, 5) is 31.4. The number of carbonyl (C=O) groups is 2. The molecule has 1 aliphatic rings. The molecular formula is C22H32N4O4. The topological polar surface area (TPSA) is 85.2 Å². The van der Waals surface area contributed by atoms with Crippen LogP contribution >= 0.6 is 0 Å². The molecule has 1 saturated heterocycles. The lowest BCUT2D eigenvalue weighted by Crippen LogP contribution is -2.47. The van der Waals surface area contributed by atoms with E-state index in [4.69, 9.17) is 9.47 Å². The van der Waals surface area contributed by atoms with Gasteiger partial charge in [-0.1, -0.05) is 6.07 Å². The molecule has 0 bridgehead atoms. The van der Waals surface area contributed by atoms with Crippen LogP contribution in [-0.4, -0.2) is 57.7 Å². The Morgan fingerprint density at radius 1 is 1.23 bits per heavy atom. The normalized spacial score (nSPS) is 18.2. The Balaban J connectivity index is 1.66. The quantitative estimate of drug-likeness (QED) is 0.831. The van der Waals surface area contributed by atoms with Gasteiger partial charge in [0.05, 0.1) is 23.9 Å². The van der Waals surface area contributed by atoms with Crippen molar-refractivity contribution in [3.63, 3.8) is 0 Å². The zero-order chi connectivity index (χ0) is 22.1. The molecule has 0 aliphatic carbocycles. The second kappa shape index (κ2) is 8.26. The van der Waals surface area contributed by atoms with Gasteiger partial charge in [0.15, 0.2) is 0 Å². The monoisotopic (exact) mass is 416 g/mol. The summed E-state index contributed by atoms with van der Waals surface area (Å²) in [6, 6.07) is 3.99. The van der Waals surface area contributed by atoms with E-state index in [0.717, 1.165) is 16.9 Å². The van der Waals surface area contributed by atoms with Crippen molar-refractivity contribution in [1.82, 2.24) is 19.6 Å². The first-order valence-electron chi connectivity index (χ1n) is 10.3. The number of hydrogen-bond donors (Lipinski definition) is 1. The van der Waals surface area contributed by atoms with Crippen molar-refractivity contribution in [1.29, 1.82) is 0 Å². The molecule has 1 atom stereocenters. The predicted octanol–water partition coefficient (Wildman–Crippen LogP) is 3.02. The highest BCUT2D eigenvalue weighted by Crippen LogP contribution is 2.23. The SMILES string of the molecule is Cc1cccn2c(C(C)(C)NC(=O)C3CCN(C(=O)OC(C)(C)C)CCO3)ncc12. The van der Waals surface area contributed by atoms with Gasteiger partial charge in [0.25, 0.3) is 0 Å². The molecule has 164 valence electrons. The molecule has 0 radical (unpaired) electrons. The van der Waals surface area contributed by atoms with Crippen LogP contribution in [-0.2, 0) is 19.8 Å². The van der Waals surface area contributed by atoms with Gasteiger partial charge in [-0.05, 0) is 53.2 Å². The summed E-state index contributed by atoms with van der Waals surface area (Å²) in [5.41, 5.74) is 0.870. The number of pyridine rings is 1. The number of nitrogens with one attached hydrogen (secondary N) is 1. The van der Waals surface area contributed by atoms with Gasteiger partial charge >= 0.3 is 6.09 Å². The zero-order valence-electron chi connectivity index (χ0n) is 18.7. The molecule has 0 aromatic carbocycles. The van der Waals surface area contributed by atoms with Crippen molar-refractivity contribution >= 4 is 17.5 Å². The third-order valence-corrected chi connectivity index (χ3v) is 5.06. The molecule has 2 aromatic heterocycles. The van der Waals surface area contributed by atoms with Crippen molar-refractivity contribution in [3.8, 4) is 0 Å². The van der Waals surface area contributed by atoms with Crippen LogP contribution in [0.25, 0.3) is 5.52 Å². The molecule has 2 amide bonds. The van der Waals surface area contributed by atoms with Crippen LogP contribution in [0.15, 0.2) is 24.5 Å². The number of imidazole rings is 1. The van der Waals surface area contributed by atoms with Crippen LogP contribution in [0.1, 0.15) is 52.4 Å². The maximum Gasteiger partial charge on any atom is 0.410 e. The van der Waals surface area contributed by atoms with Crippen LogP contribution in [0, 0.1) is 6.92 Å². The van der Waals surface area contributed by atoms with Crippen LogP contribution in [0.4, 0.5) is 4.79 Å². The van der Waals surface area contributed by atoms with E-state index in [-0.39, 0.29) is 18.6 Å². The molecule has 2 aromatic rings. The average molecular weight is 417 g/mol. The summed E-state index contributed by atoms with van der Waals surface area (Å²) < 4.78 is 13.2. The minimum Gasteiger partial charge on any atom is -0.444 e. The molecule has 1 fully saturated rings. The Bertz CT molecular complexity index is 929. The Kier molecular flexibility index (Phi) is 6.08. The van der Waals surface area contributed by atoms with E-state index in [2.05, 4.69) is 10.3 Å². The zero-order valence-corrected chi connectivity index (χ0v) is 18.7. The second-order valence-electron chi connectivity index (χ2n) is 9.26. The number of carbonyl (C=O) groups excluding carboxylic acids is 2. The summed E-state index contributed by atoms with van der Waals surface area (Å²) >= 11 is 0. The van der Waals surface area contributed by atoms with E-state index >= 15 is 0 Å². The first kappa shape index (κ1) is 22.1. The molecule has 0 spiro atoms. The van der Waals surface area contributed by atoms with E-state index in [1.165, 1.54) is 0 Å². The molecule has 3 rings (SSSR count). The smallest absolute Gasteiger partial charge is 0.410 e. The number of nitrogens with zero attached hydrogens (tertiary/aromatic N) is 3. The number of rotatable bonds is 3. The minimum absolute atomic E-state index is 0.213. The largest absolute Gasteiger partial charge is 0.444 e. The Labute approximate surface area is 177 Å². The van der Waals surface area contributed by atoms with Gasteiger partial charge in [0.2, 0.25) is 5.91 Å². The van der Waals surface area contributed by atoms with Gasteiger partial charge < -0.3 is 24.1 Å². The number of aryl methyl sites for hydroxylation is 1. The predicted molar refractivity (Wildman–Crippen MR) is 113 cm³/mol.